The van der Waals surface area contributed by atoms with Crippen molar-refractivity contribution in [3.05, 3.63) is 34.3 Å². The molecule has 2 nitrogen and oxygen atoms in total. The van der Waals surface area contributed by atoms with Crippen molar-refractivity contribution in [3.63, 3.8) is 0 Å². The monoisotopic (exact) mass is 215 g/mol. The molecule has 0 aromatic heterocycles. The van der Waals surface area contributed by atoms with Crippen LogP contribution in [0.15, 0.2) is 18.2 Å². The van der Waals surface area contributed by atoms with E-state index in [1.54, 1.807) is 12.1 Å². The Morgan fingerprint density at radius 1 is 1.62 bits per heavy atom. The first kappa shape index (κ1) is 10.4. The summed E-state index contributed by atoms with van der Waals surface area (Å²) in [7, 11) is 0. The zero-order chi connectivity index (χ0) is 10.0. The number of primary amides is 1. The molecule has 1 unspecified atom stereocenters. The Labute approximate surface area is 87.5 Å². The molecule has 4 heteroatoms. The first-order chi connectivity index (χ1) is 6.02. The molecule has 0 aliphatic rings. The predicted octanol–water partition coefficient (Wildman–Crippen LogP) is 2.10. The Balaban J connectivity index is 3.03. The Morgan fingerprint density at radius 2 is 2.23 bits per heavy atom. The van der Waals surface area contributed by atoms with Gasteiger partial charge in [-0.05, 0) is 24.1 Å². The van der Waals surface area contributed by atoms with Gasteiger partial charge in [-0.3, -0.25) is 4.79 Å². The van der Waals surface area contributed by atoms with E-state index in [2.05, 4.69) is 12.6 Å². The number of rotatable bonds is 2. The van der Waals surface area contributed by atoms with E-state index < -0.39 is 11.2 Å². The zero-order valence-electron chi connectivity index (χ0n) is 7.12. The van der Waals surface area contributed by atoms with Gasteiger partial charge in [0.05, 0.1) is 0 Å². The van der Waals surface area contributed by atoms with Gasteiger partial charge < -0.3 is 5.73 Å². The van der Waals surface area contributed by atoms with Crippen molar-refractivity contribution in [2.24, 2.45) is 5.73 Å². The van der Waals surface area contributed by atoms with Gasteiger partial charge in [0.2, 0.25) is 5.91 Å². The van der Waals surface area contributed by atoms with Crippen molar-refractivity contribution in [3.8, 4) is 0 Å². The fraction of sp³-hybridized carbons (Fsp3) is 0.222. The van der Waals surface area contributed by atoms with E-state index in [0.29, 0.717) is 5.02 Å². The normalized spacial score (nSPS) is 12.5. The minimum absolute atomic E-state index is 0.469. The molecule has 0 radical (unpaired) electrons. The third-order valence-corrected chi connectivity index (χ3v) is 2.74. The molecule has 0 saturated carbocycles. The van der Waals surface area contributed by atoms with Gasteiger partial charge in [0.15, 0.2) is 0 Å². The van der Waals surface area contributed by atoms with E-state index in [0.717, 1.165) is 11.1 Å². The third-order valence-electron chi connectivity index (χ3n) is 1.78. The third kappa shape index (κ3) is 2.39. The van der Waals surface area contributed by atoms with Crippen LogP contribution in [-0.4, -0.2) is 5.91 Å². The number of benzene rings is 1. The Kier molecular flexibility index (Phi) is 3.22. The quantitative estimate of drug-likeness (QED) is 0.730. The molecule has 0 spiro atoms. The van der Waals surface area contributed by atoms with Crippen LogP contribution in [0.2, 0.25) is 5.02 Å². The van der Waals surface area contributed by atoms with Gasteiger partial charge in [-0.1, -0.05) is 23.7 Å². The second-order valence-corrected chi connectivity index (χ2v) is 3.74. The Hall–Kier alpha value is -0.670. The first-order valence-electron chi connectivity index (χ1n) is 3.76. The Bertz CT molecular complexity index is 340. The smallest absolute Gasteiger partial charge is 0.234 e. The molecule has 1 rings (SSSR count). The van der Waals surface area contributed by atoms with E-state index in [-0.39, 0.29) is 0 Å². The molecule has 0 aliphatic carbocycles. The lowest BCUT2D eigenvalue weighted by Gasteiger charge is -2.07. The number of nitrogens with two attached hydrogens (primary N) is 1. The highest BCUT2D eigenvalue weighted by atomic mass is 35.5. The van der Waals surface area contributed by atoms with Crippen LogP contribution in [0.1, 0.15) is 16.4 Å². The molecule has 13 heavy (non-hydrogen) atoms. The van der Waals surface area contributed by atoms with Gasteiger partial charge in [0.25, 0.3) is 0 Å². The molecular weight excluding hydrogens is 206 g/mol. The Morgan fingerprint density at radius 3 is 2.69 bits per heavy atom. The standard InChI is InChI=1S/C9H10ClNOS/c1-5-2-3-6(4-7(5)10)8(13)9(11)12/h2-4,8,13H,1H3,(H2,11,12). The van der Waals surface area contributed by atoms with E-state index >= 15 is 0 Å². The van der Waals surface area contributed by atoms with Gasteiger partial charge in [-0.25, -0.2) is 0 Å². The topological polar surface area (TPSA) is 43.1 Å². The van der Waals surface area contributed by atoms with Gasteiger partial charge in [-0.15, -0.1) is 0 Å². The van der Waals surface area contributed by atoms with Crippen LogP contribution in [0.5, 0.6) is 0 Å². The summed E-state index contributed by atoms with van der Waals surface area (Å²) >= 11 is 9.94. The van der Waals surface area contributed by atoms with E-state index in [4.69, 9.17) is 17.3 Å². The molecule has 1 aromatic carbocycles. The highest BCUT2D eigenvalue weighted by molar-refractivity contribution is 7.81. The molecule has 1 atom stereocenters. The van der Waals surface area contributed by atoms with Crippen molar-refractivity contribution in [1.29, 1.82) is 0 Å². The number of halogens is 1. The molecule has 1 aromatic rings. The van der Waals surface area contributed by atoms with Gasteiger partial charge in [0.1, 0.15) is 5.25 Å². The SMILES string of the molecule is Cc1ccc(C(S)C(N)=O)cc1Cl. The minimum atomic E-state index is -0.585. The maximum atomic E-state index is 10.8. The number of carbonyl (C=O) groups excluding carboxylic acids is 1. The maximum absolute atomic E-state index is 10.8. The number of hydrogen-bond acceptors (Lipinski definition) is 2. The highest BCUT2D eigenvalue weighted by Gasteiger charge is 2.12. The van der Waals surface area contributed by atoms with Crippen LogP contribution in [0.25, 0.3) is 0 Å². The molecule has 2 N–H and O–H groups in total. The lowest BCUT2D eigenvalue weighted by molar-refractivity contribution is -0.117. The van der Waals surface area contributed by atoms with E-state index in [1.165, 1.54) is 0 Å². The average Bonchev–Trinajstić information content (AvgIpc) is 2.08. The van der Waals surface area contributed by atoms with Gasteiger partial charge >= 0.3 is 0 Å². The van der Waals surface area contributed by atoms with Crippen molar-refractivity contribution in [1.82, 2.24) is 0 Å². The molecule has 0 fully saturated rings. The van der Waals surface area contributed by atoms with Crippen LogP contribution in [0.3, 0.4) is 0 Å². The van der Waals surface area contributed by atoms with Crippen LogP contribution in [0.4, 0.5) is 0 Å². The molecule has 70 valence electrons. The zero-order valence-corrected chi connectivity index (χ0v) is 8.77. The summed E-state index contributed by atoms with van der Waals surface area (Å²) in [6.45, 7) is 1.89. The summed E-state index contributed by atoms with van der Waals surface area (Å²) in [5, 5.41) is 0.0379. The number of hydrogen-bond donors (Lipinski definition) is 2. The minimum Gasteiger partial charge on any atom is -0.368 e. The van der Waals surface area contributed by atoms with E-state index in [9.17, 15) is 4.79 Å². The second-order valence-electron chi connectivity index (χ2n) is 2.81. The van der Waals surface area contributed by atoms with Crippen LogP contribution < -0.4 is 5.73 Å². The lowest BCUT2D eigenvalue weighted by atomic mass is 10.1. The van der Waals surface area contributed by atoms with Gasteiger partial charge in [0, 0.05) is 5.02 Å². The van der Waals surface area contributed by atoms with Crippen LogP contribution in [-0.2, 0) is 4.79 Å². The number of thiol groups is 1. The second kappa shape index (κ2) is 4.03. The summed E-state index contributed by atoms with van der Waals surface area (Å²) in [6.07, 6.45) is 0. The summed E-state index contributed by atoms with van der Waals surface area (Å²) in [6, 6.07) is 5.34. The summed E-state index contributed by atoms with van der Waals surface area (Å²) in [4.78, 5) is 10.8. The van der Waals surface area contributed by atoms with Crippen molar-refractivity contribution >= 4 is 30.1 Å². The summed E-state index contributed by atoms with van der Waals surface area (Å²) < 4.78 is 0. The fourth-order valence-electron chi connectivity index (χ4n) is 0.943. The molecule has 0 aliphatic heterocycles. The first-order valence-corrected chi connectivity index (χ1v) is 4.65. The summed E-state index contributed by atoms with van der Waals surface area (Å²) in [5.74, 6) is -0.469. The molecule has 0 heterocycles. The molecular formula is C9H10ClNOS. The lowest BCUT2D eigenvalue weighted by Crippen LogP contribution is -2.17. The fourth-order valence-corrected chi connectivity index (χ4v) is 1.29. The number of amides is 1. The predicted molar refractivity (Wildman–Crippen MR) is 57.1 cm³/mol. The van der Waals surface area contributed by atoms with E-state index in [1.807, 2.05) is 13.0 Å². The maximum Gasteiger partial charge on any atom is 0.234 e. The molecule has 0 bridgehead atoms. The number of aryl methyl sites for hydroxylation is 1. The molecule has 1 amide bonds. The largest absolute Gasteiger partial charge is 0.368 e. The highest BCUT2D eigenvalue weighted by Crippen LogP contribution is 2.24. The van der Waals surface area contributed by atoms with Crippen molar-refractivity contribution in [2.45, 2.75) is 12.2 Å². The van der Waals surface area contributed by atoms with Crippen LogP contribution >= 0.6 is 24.2 Å². The number of carbonyl (C=O) groups is 1. The average molecular weight is 216 g/mol. The van der Waals surface area contributed by atoms with Crippen LogP contribution in [0, 0.1) is 6.92 Å². The van der Waals surface area contributed by atoms with Crippen molar-refractivity contribution in [2.75, 3.05) is 0 Å². The summed E-state index contributed by atoms with van der Waals surface area (Å²) in [5.41, 5.74) is 6.79. The molecule has 0 saturated heterocycles. The van der Waals surface area contributed by atoms with Gasteiger partial charge in [-0.2, -0.15) is 12.6 Å². The van der Waals surface area contributed by atoms with Crippen molar-refractivity contribution < 1.29 is 4.79 Å².